The Morgan fingerprint density at radius 3 is 2.48 bits per heavy atom. The first-order valence-corrected chi connectivity index (χ1v) is 11.8. The van der Waals surface area contributed by atoms with Crippen LogP contribution in [0.25, 0.3) is 22.0 Å². The molecule has 0 amide bonds. The highest BCUT2D eigenvalue weighted by Crippen LogP contribution is 2.44. The summed E-state index contributed by atoms with van der Waals surface area (Å²) >= 11 is 0. The van der Waals surface area contributed by atoms with E-state index in [0.29, 0.717) is 29.2 Å². The molecule has 1 heterocycles. The Hall–Kier alpha value is -3.39. The van der Waals surface area contributed by atoms with E-state index in [2.05, 4.69) is 24.5 Å². The summed E-state index contributed by atoms with van der Waals surface area (Å²) in [6.45, 7) is 5.16. The number of nitrogen functional groups attached to an aromatic ring is 1. The number of fused-ring (bicyclic) bond motifs is 1. The lowest BCUT2D eigenvalue weighted by atomic mass is 9.81. The van der Waals surface area contributed by atoms with Crippen molar-refractivity contribution in [2.24, 2.45) is 5.92 Å². The maximum atomic E-state index is 11.2. The molecule has 170 valence electrons. The Morgan fingerprint density at radius 1 is 1.18 bits per heavy atom. The molecule has 0 radical (unpaired) electrons. The first kappa shape index (κ1) is 22.8. The quantitative estimate of drug-likeness (QED) is 0.250. The number of nitrogens with zero attached hydrogens (tertiary/aromatic N) is 2. The van der Waals surface area contributed by atoms with Crippen LogP contribution in [-0.4, -0.2) is 17.1 Å². The predicted octanol–water partition coefficient (Wildman–Crippen LogP) is 6.47. The number of anilines is 1. The molecule has 0 spiro atoms. The van der Waals surface area contributed by atoms with E-state index < -0.39 is 0 Å². The molecule has 1 aromatic heterocycles. The van der Waals surface area contributed by atoms with Crippen LogP contribution in [0.1, 0.15) is 74.0 Å². The van der Waals surface area contributed by atoms with Crippen LogP contribution in [0.3, 0.4) is 0 Å². The van der Waals surface area contributed by atoms with Gasteiger partial charge in [0.05, 0.1) is 6.07 Å². The van der Waals surface area contributed by atoms with Gasteiger partial charge in [-0.1, -0.05) is 57.4 Å². The molecule has 0 unspecified atom stereocenters. The number of hydrogen-bond acceptors (Lipinski definition) is 4. The van der Waals surface area contributed by atoms with E-state index >= 15 is 0 Å². The van der Waals surface area contributed by atoms with E-state index in [-0.39, 0.29) is 5.41 Å². The first-order valence-electron chi connectivity index (χ1n) is 11.8. The Labute approximate surface area is 195 Å². The van der Waals surface area contributed by atoms with Gasteiger partial charge in [-0.2, -0.15) is 5.26 Å². The molecular formula is C28H32N4O. The summed E-state index contributed by atoms with van der Waals surface area (Å²) < 4.78 is 2.40. The molecule has 0 atom stereocenters. The molecule has 1 aliphatic rings. The highest BCUT2D eigenvalue weighted by atomic mass is 16.1. The van der Waals surface area contributed by atoms with Crippen LogP contribution >= 0.6 is 0 Å². The van der Waals surface area contributed by atoms with Crippen molar-refractivity contribution in [2.45, 2.75) is 64.3 Å². The van der Waals surface area contributed by atoms with Crippen molar-refractivity contribution in [3.8, 4) is 17.2 Å². The van der Waals surface area contributed by atoms with E-state index in [9.17, 15) is 10.1 Å². The van der Waals surface area contributed by atoms with Crippen molar-refractivity contribution in [1.82, 2.24) is 4.57 Å². The summed E-state index contributed by atoms with van der Waals surface area (Å²) in [5.41, 5.74) is 12.1. The molecule has 5 heteroatoms. The number of aromatic nitrogens is 1. The Balaban J connectivity index is 2.05. The van der Waals surface area contributed by atoms with Crippen molar-refractivity contribution in [1.29, 1.82) is 10.7 Å². The van der Waals surface area contributed by atoms with Gasteiger partial charge in [-0.25, -0.2) is 0 Å². The van der Waals surface area contributed by atoms with E-state index in [4.69, 9.17) is 11.1 Å². The fraction of sp³-hybridized carbons (Fsp3) is 0.393. The lowest BCUT2D eigenvalue weighted by Gasteiger charge is -2.30. The molecule has 3 N–H and O–H groups in total. The zero-order chi connectivity index (χ0) is 23.6. The molecule has 2 aromatic carbocycles. The maximum absolute atomic E-state index is 11.2. The van der Waals surface area contributed by atoms with Crippen LogP contribution in [0.15, 0.2) is 36.4 Å². The minimum atomic E-state index is -0.388. The molecule has 0 saturated heterocycles. The van der Waals surface area contributed by atoms with Crippen LogP contribution in [-0.2, 0) is 12.0 Å². The van der Waals surface area contributed by atoms with Gasteiger partial charge in [0.25, 0.3) is 0 Å². The number of nitriles is 1. The normalized spacial score (nSPS) is 14.8. The molecule has 5 nitrogen and oxygen atoms in total. The van der Waals surface area contributed by atoms with Crippen LogP contribution in [0.4, 0.5) is 5.69 Å². The third-order valence-electron chi connectivity index (χ3n) is 7.09. The number of hydrogen-bond donors (Lipinski definition) is 2. The number of rotatable bonds is 7. The maximum Gasteiger partial charge on any atom is 0.150 e. The number of carbonyl (C=O) groups excluding carboxylic acids is 1. The monoisotopic (exact) mass is 440 g/mol. The number of aldehydes is 1. The van der Waals surface area contributed by atoms with Crippen LogP contribution in [0, 0.1) is 22.7 Å². The summed E-state index contributed by atoms with van der Waals surface area (Å²) in [7, 11) is 0. The Morgan fingerprint density at radius 2 is 1.88 bits per heavy atom. The largest absolute Gasteiger partial charge is 0.398 e. The molecule has 0 aliphatic heterocycles. The van der Waals surface area contributed by atoms with Gasteiger partial charge in [-0.15, -0.1) is 0 Å². The average Bonchev–Trinajstić information content (AvgIpc) is 3.12. The van der Waals surface area contributed by atoms with Gasteiger partial charge in [0, 0.05) is 63.6 Å². The second-order valence-electron chi connectivity index (χ2n) is 9.94. The molecule has 1 saturated carbocycles. The van der Waals surface area contributed by atoms with E-state index in [0.717, 1.165) is 40.6 Å². The summed E-state index contributed by atoms with van der Waals surface area (Å²) in [5, 5.41) is 18.5. The standard InChI is InChI=1S/C28H32N4O/c1-28(2,12-13-29)27-26(21-10-8-20(18-33)9-11-21)23-15-24(31)22(16-30)14-25(23)32(27)17-19-6-4-3-5-7-19/h8-11,14-16,18-19,30H,3-7,12,17,31H2,1-2H3. The third kappa shape index (κ3) is 4.30. The lowest BCUT2D eigenvalue weighted by molar-refractivity contribution is 0.112. The number of nitrogens with one attached hydrogen (secondary N) is 1. The number of benzene rings is 2. The summed E-state index contributed by atoms with van der Waals surface area (Å²) in [6.07, 6.45) is 8.81. The summed E-state index contributed by atoms with van der Waals surface area (Å²) in [6, 6.07) is 14.0. The van der Waals surface area contributed by atoms with Gasteiger partial charge in [0.15, 0.2) is 0 Å². The van der Waals surface area contributed by atoms with E-state index in [1.54, 1.807) is 0 Å². The fourth-order valence-corrected chi connectivity index (χ4v) is 5.38. The zero-order valence-corrected chi connectivity index (χ0v) is 19.5. The SMILES string of the molecule is CC(C)(CC#N)c1c(-c2ccc(C=O)cc2)c2cc(N)c(C=N)cc2n1CC1CCCCC1. The average molecular weight is 441 g/mol. The van der Waals surface area contributed by atoms with Crippen molar-refractivity contribution >= 4 is 29.1 Å². The first-order chi connectivity index (χ1) is 15.9. The second-order valence-corrected chi connectivity index (χ2v) is 9.94. The highest BCUT2D eigenvalue weighted by molar-refractivity contribution is 6.04. The lowest BCUT2D eigenvalue weighted by Crippen LogP contribution is -2.25. The minimum absolute atomic E-state index is 0.388. The van der Waals surface area contributed by atoms with Crippen molar-refractivity contribution in [2.75, 3.05) is 5.73 Å². The van der Waals surface area contributed by atoms with Gasteiger partial charge in [-0.3, -0.25) is 4.79 Å². The third-order valence-corrected chi connectivity index (χ3v) is 7.09. The van der Waals surface area contributed by atoms with Crippen molar-refractivity contribution in [3.05, 3.63) is 53.2 Å². The number of carbonyl (C=O) groups is 1. The molecule has 1 aliphatic carbocycles. The molecule has 1 fully saturated rings. The van der Waals surface area contributed by atoms with Crippen molar-refractivity contribution < 1.29 is 4.79 Å². The topological polar surface area (TPSA) is 95.7 Å². The second kappa shape index (κ2) is 9.23. The fourth-order valence-electron chi connectivity index (χ4n) is 5.38. The van der Waals surface area contributed by atoms with Crippen LogP contribution < -0.4 is 5.73 Å². The molecule has 33 heavy (non-hydrogen) atoms. The van der Waals surface area contributed by atoms with Gasteiger partial charge in [0.1, 0.15) is 6.29 Å². The Kier molecular flexibility index (Phi) is 6.37. The smallest absolute Gasteiger partial charge is 0.150 e. The van der Waals surface area contributed by atoms with Gasteiger partial charge in [-0.05, 0) is 36.5 Å². The molecular weight excluding hydrogens is 408 g/mol. The van der Waals surface area contributed by atoms with Crippen LogP contribution in [0.5, 0.6) is 0 Å². The Bertz CT molecular complexity index is 1220. The van der Waals surface area contributed by atoms with Gasteiger partial charge < -0.3 is 15.7 Å². The minimum Gasteiger partial charge on any atom is -0.398 e. The number of nitrogens with two attached hydrogens (primary N) is 1. The highest BCUT2D eigenvalue weighted by Gasteiger charge is 2.32. The van der Waals surface area contributed by atoms with Gasteiger partial charge in [0.2, 0.25) is 0 Å². The molecule has 4 rings (SSSR count). The zero-order valence-electron chi connectivity index (χ0n) is 19.5. The van der Waals surface area contributed by atoms with Crippen LogP contribution in [0.2, 0.25) is 0 Å². The van der Waals surface area contributed by atoms with E-state index in [1.165, 1.54) is 38.3 Å². The summed E-state index contributed by atoms with van der Waals surface area (Å²) in [4.78, 5) is 11.2. The van der Waals surface area contributed by atoms with Crippen molar-refractivity contribution in [3.63, 3.8) is 0 Å². The predicted molar refractivity (Wildman–Crippen MR) is 135 cm³/mol. The molecule has 3 aromatic rings. The molecule has 0 bridgehead atoms. The van der Waals surface area contributed by atoms with Gasteiger partial charge >= 0.3 is 0 Å². The van der Waals surface area contributed by atoms with E-state index in [1.807, 2.05) is 36.4 Å². The summed E-state index contributed by atoms with van der Waals surface area (Å²) in [5.74, 6) is 0.595.